The van der Waals surface area contributed by atoms with Crippen LogP contribution in [0.5, 0.6) is 0 Å². The van der Waals surface area contributed by atoms with Crippen LogP contribution in [0.3, 0.4) is 0 Å². The summed E-state index contributed by atoms with van der Waals surface area (Å²) in [5.74, 6) is 2.72. The maximum Gasteiger partial charge on any atom is 0.305 e. The van der Waals surface area contributed by atoms with Crippen molar-refractivity contribution in [3.05, 3.63) is 0 Å². The van der Waals surface area contributed by atoms with Gasteiger partial charge in [0.05, 0.1) is 50.8 Å². The molecule has 1 fully saturated rings. The molecule has 0 amide bonds. The molecule has 0 bridgehead atoms. The number of unbranched alkanes of at least 4 members (excludes halogenated alkanes) is 5. The van der Waals surface area contributed by atoms with Crippen molar-refractivity contribution in [2.45, 2.75) is 247 Å². The van der Waals surface area contributed by atoms with E-state index in [4.69, 9.17) is 23.7 Å². The fourth-order valence-electron chi connectivity index (χ4n) is 10.1. The maximum absolute atomic E-state index is 12.8. The summed E-state index contributed by atoms with van der Waals surface area (Å²) in [4.78, 5) is 70.7. The Kier molecular flexibility index (Phi) is 51.8. The monoisotopic (exact) mass is 1260 g/mol. The Bertz CT molecular complexity index is 1590. The van der Waals surface area contributed by atoms with Crippen molar-refractivity contribution in [1.29, 1.82) is 0 Å². The van der Waals surface area contributed by atoms with E-state index in [1.807, 2.05) is 21.6 Å². The predicted octanol–water partition coefficient (Wildman–Crippen LogP) is 10.5. The second-order valence-corrected chi connectivity index (χ2v) is 27.7. The van der Waals surface area contributed by atoms with Crippen LogP contribution in [0, 0.1) is 23.7 Å². The summed E-state index contributed by atoms with van der Waals surface area (Å²) in [7, 11) is 3.74. The van der Waals surface area contributed by atoms with Gasteiger partial charge in [-0.1, -0.05) is 128 Å². The number of hydrogen-bond donors (Lipinski definition) is 4. The van der Waals surface area contributed by atoms with Gasteiger partial charge in [-0.15, -0.1) is 0 Å². The molecule has 4 unspecified atom stereocenters. The van der Waals surface area contributed by atoms with Crippen molar-refractivity contribution >= 4 is 51.4 Å². The number of aliphatic hydroxyl groups is 4. The van der Waals surface area contributed by atoms with Gasteiger partial charge < -0.3 is 44.1 Å². The van der Waals surface area contributed by atoms with Gasteiger partial charge in [-0.2, -0.15) is 0 Å². The van der Waals surface area contributed by atoms with Crippen LogP contribution < -0.4 is 0 Å². The SMILES string of the molecule is CCC(CC)COC(=O)CCCCC(O)CN(CCCCC(=O)OCCN1CCN(CCSSCCCN(CC(O)CCCCC(=O)OCCC(C)C)CC(O)CCCCC(=O)OCCC(C)C)CC1)CC(O)CCCCC(=O)OCC(CC)CC. The molecule has 1 saturated heterocycles. The normalized spacial score (nSPS) is 14.8. The van der Waals surface area contributed by atoms with Crippen molar-refractivity contribution in [3.63, 3.8) is 0 Å². The van der Waals surface area contributed by atoms with E-state index >= 15 is 0 Å². The minimum Gasteiger partial charge on any atom is -0.466 e. The van der Waals surface area contributed by atoms with Crippen molar-refractivity contribution in [1.82, 2.24) is 19.6 Å². The topological polar surface area (TPSA) is 225 Å². The molecule has 506 valence electrons. The molecule has 0 aromatic heterocycles. The molecule has 1 rings (SSSR count). The van der Waals surface area contributed by atoms with Gasteiger partial charge in [-0.3, -0.25) is 43.6 Å². The molecule has 1 aliphatic heterocycles. The first kappa shape index (κ1) is 81.7. The fraction of sp³-hybridized carbons (Fsp3) is 0.924. The number of nitrogens with zero attached hydrogens (tertiary/aromatic N) is 4. The van der Waals surface area contributed by atoms with Crippen LogP contribution >= 0.6 is 21.6 Å². The van der Waals surface area contributed by atoms with Crippen molar-refractivity contribution in [2.24, 2.45) is 23.7 Å². The minimum absolute atomic E-state index is 0.183. The van der Waals surface area contributed by atoms with Gasteiger partial charge in [0, 0.05) is 109 Å². The third-order valence-corrected chi connectivity index (χ3v) is 18.7. The fourth-order valence-corrected chi connectivity index (χ4v) is 12.2. The third-order valence-electron chi connectivity index (χ3n) is 16.3. The standard InChI is InChI=1S/C66H126N4O14S2/c1-9-56(10-2)52-83-65(78)30-19-15-26-58(71)48-69(49-59(72)27-16-20-31-66(79)84-53-57(11-3)12-4)35-22-21-32-64(77)82-45-41-67-37-39-68(40-38-67)42-47-86-85-46-23-36-70(50-60(73)24-13-17-28-62(75)80-43-33-54(5)6)51-61(74)25-14-18-29-63(76)81-44-34-55(7)8/h54-61,71-74H,9-53H2,1-8H3. The molecule has 1 heterocycles. The molecule has 18 nitrogen and oxygen atoms in total. The summed E-state index contributed by atoms with van der Waals surface area (Å²) < 4.78 is 27.2. The zero-order valence-corrected chi connectivity index (χ0v) is 57.0. The van der Waals surface area contributed by atoms with Crippen LogP contribution in [0.25, 0.3) is 0 Å². The average Bonchev–Trinajstić information content (AvgIpc) is 3.48. The molecule has 20 heteroatoms. The van der Waals surface area contributed by atoms with Crippen molar-refractivity contribution < 1.29 is 68.1 Å². The molecule has 0 spiro atoms. The molecule has 0 aliphatic carbocycles. The van der Waals surface area contributed by atoms with Crippen molar-refractivity contribution in [3.8, 4) is 0 Å². The summed E-state index contributed by atoms with van der Waals surface area (Å²) in [6.45, 7) is 27.4. The lowest BCUT2D eigenvalue weighted by Crippen LogP contribution is -2.47. The van der Waals surface area contributed by atoms with Gasteiger partial charge in [0.25, 0.3) is 0 Å². The molecule has 4 atom stereocenters. The van der Waals surface area contributed by atoms with E-state index in [0.29, 0.717) is 205 Å². The zero-order chi connectivity index (χ0) is 63.6. The Morgan fingerprint density at radius 1 is 0.395 bits per heavy atom. The largest absolute Gasteiger partial charge is 0.466 e. The minimum atomic E-state index is -0.626. The quantitative estimate of drug-likeness (QED) is 0.0192. The number of hydrogen-bond acceptors (Lipinski definition) is 20. The lowest BCUT2D eigenvalue weighted by molar-refractivity contribution is -0.146. The first-order valence-corrected chi connectivity index (χ1v) is 36.5. The summed E-state index contributed by atoms with van der Waals surface area (Å²) in [5.41, 5.74) is 0. The summed E-state index contributed by atoms with van der Waals surface area (Å²) in [6.07, 6.45) is 14.8. The molecule has 86 heavy (non-hydrogen) atoms. The molecule has 0 aromatic rings. The van der Waals surface area contributed by atoms with Gasteiger partial charge in [0.1, 0.15) is 6.61 Å². The highest BCUT2D eigenvalue weighted by Crippen LogP contribution is 2.23. The number of esters is 5. The number of piperazine rings is 1. The highest BCUT2D eigenvalue weighted by Gasteiger charge is 2.21. The molecule has 0 aromatic carbocycles. The summed E-state index contributed by atoms with van der Waals surface area (Å²) in [6, 6.07) is 0. The summed E-state index contributed by atoms with van der Waals surface area (Å²) >= 11 is 0. The third kappa shape index (κ3) is 48.6. The number of carbonyl (C=O) groups is 5. The van der Waals surface area contributed by atoms with E-state index in [1.54, 1.807) is 0 Å². The van der Waals surface area contributed by atoms with Gasteiger partial charge >= 0.3 is 29.8 Å². The zero-order valence-electron chi connectivity index (χ0n) is 55.4. The highest BCUT2D eigenvalue weighted by atomic mass is 33.1. The van der Waals surface area contributed by atoms with E-state index in [2.05, 4.69) is 75.0 Å². The Hall–Kier alpha value is -2.27. The van der Waals surface area contributed by atoms with Crippen LogP contribution in [0.4, 0.5) is 0 Å². The van der Waals surface area contributed by atoms with Crippen molar-refractivity contribution in [2.75, 3.05) is 123 Å². The maximum atomic E-state index is 12.8. The smallest absolute Gasteiger partial charge is 0.305 e. The summed E-state index contributed by atoms with van der Waals surface area (Å²) in [5, 5.41) is 44.0. The lowest BCUT2D eigenvalue weighted by atomic mass is 10.1. The van der Waals surface area contributed by atoms with Gasteiger partial charge in [0.15, 0.2) is 0 Å². The first-order valence-electron chi connectivity index (χ1n) is 34.0. The van der Waals surface area contributed by atoms with Crippen LogP contribution in [0.1, 0.15) is 222 Å². The van der Waals surface area contributed by atoms with Gasteiger partial charge in [-0.25, -0.2) is 0 Å². The first-order chi connectivity index (χ1) is 41.3. The molecular weight excluding hydrogens is 1140 g/mol. The van der Waals surface area contributed by atoms with E-state index in [9.17, 15) is 44.4 Å². The van der Waals surface area contributed by atoms with E-state index in [-0.39, 0.29) is 29.8 Å². The molecule has 4 N–H and O–H groups in total. The molecule has 0 radical (unpaired) electrons. The van der Waals surface area contributed by atoms with E-state index < -0.39 is 24.4 Å². The number of rotatable bonds is 58. The number of aliphatic hydroxyl groups excluding tert-OH is 4. The Balaban J connectivity index is 2.47. The van der Waals surface area contributed by atoms with Crippen LogP contribution in [-0.4, -0.2) is 217 Å². The Morgan fingerprint density at radius 3 is 1.07 bits per heavy atom. The predicted molar refractivity (Wildman–Crippen MR) is 349 cm³/mol. The second kappa shape index (κ2) is 54.5. The number of ether oxygens (including phenoxy) is 5. The second-order valence-electron chi connectivity index (χ2n) is 25.0. The number of carbonyl (C=O) groups excluding carboxylic acids is 5. The van der Waals surface area contributed by atoms with Gasteiger partial charge in [0.2, 0.25) is 0 Å². The van der Waals surface area contributed by atoms with Gasteiger partial charge in [-0.05, 0) is 120 Å². The average molecular weight is 1260 g/mol. The Morgan fingerprint density at radius 2 is 0.709 bits per heavy atom. The van der Waals surface area contributed by atoms with Crippen LogP contribution in [0.2, 0.25) is 0 Å². The van der Waals surface area contributed by atoms with Crippen LogP contribution in [0.15, 0.2) is 0 Å². The molecular formula is C66H126N4O14S2. The van der Waals surface area contributed by atoms with E-state index in [1.165, 1.54) is 0 Å². The van der Waals surface area contributed by atoms with E-state index in [0.717, 1.165) is 109 Å². The molecule has 1 aliphatic rings. The van der Waals surface area contributed by atoms with Crippen LogP contribution in [-0.2, 0) is 47.7 Å². The molecule has 0 saturated carbocycles. The highest BCUT2D eigenvalue weighted by molar-refractivity contribution is 8.76. The lowest BCUT2D eigenvalue weighted by Gasteiger charge is -2.34. The Labute approximate surface area is 530 Å².